The molecule has 8 rings (SSSR count). The van der Waals surface area contributed by atoms with Gasteiger partial charge >= 0.3 is 0 Å². The first-order valence-electron chi connectivity index (χ1n) is 15.3. The number of hydrogen-bond donors (Lipinski definition) is 2. The molecule has 2 aromatic carbocycles. The Labute approximate surface area is 268 Å². The van der Waals surface area contributed by atoms with Crippen molar-refractivity contribution in [2.75, 3.05) is 63.2 Å². The summed E-state index contributed by atoms with van der Waals surface area (Å²) in [4.78, 5) is 38.0. The Morgan fingerprint density at radius 1 is 1.09 bits per heavy atom. The number of fused-ring (bicyclic) bond motifs is 4. The fraction of sp³-hybridized carbons (Fsp3) is 0.516. The Bertz CT molecular complexity index is 1750. The Morgan fingerprint density at radius 3 is 2.33 bits per heavy atom. The van der Waals surface area contributed by atoms with E-state index in [1.54, 1.807) is 19.1 Å². The number of β-lactam (4-membered cyclic amide) rings is 1. The van der Waals surface area contributed by atoms with Crippen LogP contribution < -0.4 is 27.6 Å². The molecule has 45 heavy (non-hydrogen) atoms. The van der Waals surface area contributed by atoms with Gasteiger partial charge in [0.15, 0.2) is 6.54 Å². The van der Waals surface area contributed by atoms with Crippen LogP contribution in [0.15, 0.2) is 46.5 Å². The number of carboxylic acid groups (broad SMARTS) is 1. The molecule has 0 radical (unpaired) electrons. The average molecular weight is 660 g/mol. The van der Waals surface area contributed by atoms with Crippen molar-refractivity contribution in [3.63, 3.8) is 0 Å². The highest BCUT2D eigenvalue weighted by molar-refractivity contribution is 7.93. The molecule has 0 aromatic heterocycles. The molecule has 6 aliphatic rings. The van der Waals surface area contributed by atoms with Gasteiger partial charge in [-0.15, -0.1) is 0 Å². The van der Waals surface area contributed by atoms with Gasteiger partial charge in [-0.3, -0.25) is 13.9 Å². The van der Waals surface area contributed by atoms with E-state index in [4.69, 9.17) is 5.73 Å². The number of amides is 2. The van der Waals surface area contributed by atoms with E-state index in [0.717, 1.165) is 77.0 Å². The van der Waals surface area contributed by atoms with Gasteiger partial charge in [0.25, 0.3) is 15.9 Å². The Kier molecular flexibility index (Phi) is 7.52. The number of nitrogens with zero attached hydrogens (tertiary/aromatic N) is 4. The highest BCUT2D eigenvalue weighted by atomic mass is 35.5. The number of anilines is 1. The van der Waals surface area contributed by atoms with Crippen LogP contribution in [-0.4, -0.2) is 116 Å². The number of hydrogen-bond acceptors (Lipinski definition) is 7. The molecule has 6 heterocycles. The molecule has 4 saturated heterocycles. The highest BCUT2D eigenvalue weighted by Gasteiger charge is 2.59. The number of carboxylic acids is 1. The van der Waals surface area contributed by atoms with Crippen molar-refractivity contribution >= 4 is 44.3 Å². The van der Waals surface area contributed by atoms with E-state index in [9.17, 15) is 33.0 Å². The quantitative estimate of drug-likeness (QED) is 0.204. The third-order valence-electron chi connectivity index (χ3n) is 11.2. The molecule has 4 atom stereocenters. The molecule has 3 unspecified atom stereocenters. The number of halogens is 1. The minimum atomic E-state index is -4.01. The van der Waals surface area contributed by atoms with Crippen molar-refractivity contribution in [3.8, 4) is 0 Å². The van der Waals surface area contributed by atoms with E-state index in [2.05, 4.69) is 0 Å². The molecule has 2 amide bonds. The van der Waals surface area contributed by atoms with Crippen molar-refractivity contribution in [2.24, 2.45) is 17.6 Å². The van der Waals surface area contributed by atoms with Gasteiger partial charge < -0.3 is 47.0 Å². The van der Waals surface area contributed by atoms with Gasteiger partial charge in [-0.2, -0.15) is 0 Å². The Hall–Kier alpha value is -3.23. The van der Waals surface area contributed by atoms with Gasteiger partial charge in [0.05, 0.1) is 53.4 Å². The molecule has 6 aliphatic heterocycles. The van der Waals surface area contributed by atoms with Crippen molar-refractivity contribution in [1.82, 2.24) is 4.90 Å². The molecule has 2 aromatic rings. The maximum Gasteiger partial charge on any atom is 0.272 e. The SMILES string of the molecule is CC(O)C1C(=O)N2C(C(=O)[O-])=C(CN3c4cccc5c(CC[N+]67CC[N+](CC(N)=O)(CC6)CC7)ccc(c45)S3(=O)=O)[C@H](C)C12.[Cl-]. The molecular weight excluding hydrogens is 622 g/mol. The maximum absolute atomic E-state index is 14.0. The summed E-state index contributed by atoms with van der Waals surface area (Å²) in [5, 5.41) is 23.9. The first kappa shape index (κ1) is 31.7. The van der Waals surface area contributed by atoms with E-state index in [0.29, 0.717) is 23.2 Å². The van der Waals surface area contributed by atoms with E-state index >= 15 is 0 Å². The summed E-state index contributed by atoms with van der Waals surface area (Å²) in [7, 11) is -4.01. The second kappa shape index (κ2) is 10.7. The number of carbonyl (C=O) groups is 3. The molecule has 3 N–H and O–H groups in total. The number of nitrogens with two attached hydrogens (primary N) is 1. The molecule has 4 fully saturated rings. The lowest BCUT2D eigenvalue weighted by atomic mass is 9.78. The van der Waals surface area contributed by atoms with Crippen LogP contribution in [-0.2, 0) is 30.8 Å². The van der Waals surface area contributed by atoms with Gasteiger partial charge in [0.2, 0.25) is 5.91 Å². The fourth-order valence-electron chi connectivity index (χ4n) is 8.68. The molecule has 2 bridgehead atoms. The van der Waals surface area contributed by atoms with Crippen LogP contribution in [0.1, 0.15) is 19.4 Å². The number of aliphatic hydroxyl groups is 1. The second-order valence-electron chi connectivity index (χ2n) is 13.5. The van der Waals surface area contributed by atoms with Crippen LogP contribution in [0.2, 0.25) is 0 Å². The number of carbonyl (C=O) groups excluding carboxylic acids is 3. The fourth-order valence-corrected chi connectivity index (χ4v) is 10.3. The van der Waals surface area contributed by atoms with Crippen molar-refractivity contribution in [2.45, 2.75) is 37.3 Å². The summed E-state index contributed by atoms with van der Waals surface area (Å²) < 4.78 is 30.9. The standard InChI is InChI=1S/C31H37N5O7S.ClH/c1-18-22(29(31(40)41)34-28(18)26(19(2)37)30(34)39)16-33-23-5-3-4-21-20(6-7-24(27(21)23)44(33,42)43)8-9-35-10-13-36(14-11-35,15-12-35)17-25(32)38;/h3-7,18-19,26,28,37H,8-17H2,1-2H3,(H-2,32,38,40,41);1H/t18-,19?,26?,28?,35?,36?;/m0./s1. The number of sulfonamides is 1. The molecular formula is C31H38ClN5O7S. The lowest BCUT2D eigenvalue weighted by Crippen LogP contribution is -3.00. The van der Waals surface area contributed by atoms with Crippen LogP contribution in [0.3, 0.4) is 0 Å². The summed E-state index contributed by atoms with van der Waals surface area (Å²) in [6.07, 6.45) is -0.190. The van der Waals surface area contributed by atoms with Crippen LogP contribution in [0.5, 0.6) is 0 Å². The van der Waals surface area contributed by atoms with Crippen LogP contribution in [0.4, 0.5) is 5.69 Å². The number of benzene rings is 2. The number of primary amides is 1. The zero-order chi connectivity index (χ0) is 31.3. The largest absolute Gasteiger partial charge is 1.00 e. The number of rotatable bonds is 9. The highest BCUT2D eigenvalue weighted by Crippen LogP contribution is 2.49. The summed E-state index contributed by atoms with van der Waals surface area (Å²) in [6.45, 7) is 10.1. The van der Waals surface area contributed by atoms with Gasteiger partial charge in [0, 0.05) is 17.7 Å². The van der Waals surface area contributed by atoms with Gasteiger partial charge in [-0.1, -0.05) is 25.1 Å². The van der Waals surface area contributed by atoms with E-state index in [1.807, 2.05) is 18.2 Å². The zero-order valence-corrected chi connectivity index (χ0v) is 26.9. The third-order valence-corrected chi connectivity index (χ3v) is 13.0. The summed E-state index contributed by atoms with van der Waals surface area (Å²) in [5.74, 6) is -3.50. The minimum Gasteiger partial charge on any atom is -1.00 e. The normalized spacial score (nSPS) is 31.5. The topological polar surface area (TPSA) is 161 Å². The second-order valence-corrected chi connectivity index (χ2v) is 15.3. The number of aliphatic carboxylic acids is 1. The van der Waals surface area contributed by atoms with Gasteiger partial charge in [-0.05, 0) is 35.6 Å². The first-order chi connectivity index (χ1) is 20.8. The number of quaternary nitrogens is 2. The van der Waals surface area contributed by atoms with E-state index in [-0.39, 0.29) is 35.5 Å². The summed E-state index contributed by atoms with van der Waals surface area (Å²) >= 11 is 0. The van der Waals surface area contributed by atoms with Crippen LogP contribution >= 0.6 is 0 Å². The van der Waals surface area contributed by atoms with Gasteiger partial charge in [0.1, 0.15) is 39.3 Å². The lowest BCUT2D eigenvalue weighted by Gasteiger charge is -2.55. The van der Waals surface area contributed by atoms with Crippen molar-refractivity contribution in [1.29, 1.82) is 0 Å². The van der Waals surface area contributed by atoms with Crippen LogP contribution in [0, 0.1) is 11.8 Å². The van der Waals surface area contributed by atoms with Gasteiger partial charge in [-0.25, -0.2) is 8.42 Å². The van der Waals surface area contributed by atoms with E-state index in [1.165, 1.54) is 11.2 Å². The Balaban J connectivity index is 0.00000357. The molecule has 14 heteroatoms. The minimum absolute atomic E-state index is 0. The van der Waals surface area contributed by atoms with Crippen LogP contribution in [0.25, 0.3) is 10.8 Å². The predicted molar refractivity (Wildman–Crippen MR) is 158 cm³/mol. The molecule has 0 aliphatic carbocycles. The third kappa shape index (κ3) is 4.57. The number of piperazine rings is 3. The smallest absolute Gasteiger partial charge is 0.272 e. The van der Waals surface area contributed by atoms with Crippen molar-refractivity contribution in [3.05, 3.63) is 47.2 Å². The molecule has 242 valence electrons. The van der Waals surface area contributed by atoms with Crippen molar-refractivity contribution < 1.29 is 54.4 Å². The van der Waals surface area contributed by atoms with E-state index < -0.39 is 45.9 Å². The lowest BCUT2D eigenvalue weighted by molar-refractivity contribution is -1.08. The number of aliphatic hydroxyl groups excluding tert-OH is 1. The Morgan fingerprint density at radius 2 is 1.73 bits per heavy atom. The predicted octanol–water partition coefficient (Wildman–Crippen LogP) is -4.10. The molecule has 0 saturated carbocycles. The summed E-state index contributed by atoms with van der Waals surface area (Å²) in [5.41, 5.74) is 7.08. The molecule has 0 spiro atoms. The first-order valence-corrected chi connectivity index (χ1v) is 16.7. The summed E-state index contributed by atoms with van der Waals surface area (Å²) in [6, 6.07) is 8.51. The average Bonchev–Trinajstić information content (AvgIpc) is 3.34. The zero-order valence-electron chi connectivity index (χ0n) is 25.3. The molecule has 12 nitrogen and oxygen atoms in total. The monoisotopic (exact) mass is 659 g/mol. The maximum atomic E-state index is 14.0.